The van der Waals surface area contributed by atoms with Gasteiger partial charge in [0.2, 0.25) is 11.9 Å². The first-order valence-electron chi connectivity index (χ1n) is 10.2. The lowest BCUT2D eigenvalue weighted by Crippen LogP contribution is -2.07. The predicted octanol–water partition coefficient (Wildman–Crippen LogP) is 4.95. The van der Waals surface area contributed by atoms with Crippen LogP contribution in [0.25, 0.3) is 12.2 Å². The van der Waals surface area contributed by atoms with E-state index in [2.05, 4.69) is 35.8 Å². The van der Waals surface area contributed by atoms with E-state index in [0.29, 0.717) is 29.1 Å². The molecular weight excluding hydrogens is 440 g/mol. The maximum Gasteiger partial charge on any atom is 0.233 e. The summed E-state index contributed by atoms with van der Waals surface area (Å²) in [5.74, 6) is 1.22. The minimum Gasteiger partial charge on any atom is -0.324 e. The number of anilines is 4. The molecule has 0 aliphatic carbocycles. The SMILES string of the molecule is Cc1cc(Nc2nc(/C=C/c3cccc(F)c3)nc(Nc3ccc(P(C)(C)=O)cc3)n2)n[nH]1. The summed E-state index contributed by atoms with van der Waals surface area (Å²) in [7, 11) is -2.34. The van der Waals surface area contributed by atoms with Crippen molar-refractivity contribution in [2.75, 3.05) is 24.0 Å². The first-order valence-corrected chi connectivity index (χ1v) is 12.8. The lowest BCUT2D eigenvalue weighted by atomic mass is 10.2. The first kappa shape index (κ1) is 22.4. The maximum atomic E-state index is 13.5. The van der Waals surface area contributed by atoms with E-state index < -0.39 is 7.14 Å². The molecule has 0 fully saturated rings. The van der Waals surface area contributed by atoms with Crippen molar-refractivity contribution in [3.63, 3.8) is 0 Å². The summed E-state index contributed by atoms with van der Waals surface area (Å²) < 4.78 is 25.7. The van der Waals surface area contributed by atoms with Crippen LogP contribution >= 0.6 is 7.14 Å². The van der Waals surface area contributed by atoms with Crippen LogP contribution in [0.15, 0.2) is 54.6 Å². The van der Waals surface area contributed by atoms with Gasteiger partial charge in [-0.1, -0.05) is 18.2 Å². The Morgan fingerprint density at radius 2 is 1.67 bits per heavy atom. The van der Waals surface area contributed by atoms with Gasteiger partial charge >= 0.3 is 0 Å². The Balaban J connectivity index is 1.63. The maximum absolute atomic E-state index is 13.5. The van der Waals surface area contributed by atoms with Gasteiger partial charge in [0.05, 0.1) is 0 Å². The summed E-state index contributed by atoms with van der Waals surface area (Å²) in [6.07, 6.45) is 3.40. The summed E-state index contributed by atoms with van der Waals surface area (Å²) in [5, 5.41) is 14.0. The Hall–Kier alpha value is -3.84. The molecule has 0 amide bonds. The van der Waals surface area contributed by atoms with Gasteiger partial charge < -0.3 is 15.2 Å². The zero-order chi connectivity index (χ0) is 23.4. The van der Waals surface area contributed by atoms with Crippen molar-refractivity contribution < 1.29 is 8.96 Å². The zero-order valence-electron chi connectivity index (χ0n) is 18.4. The van der Waals surface area contributed by atoms with Gasteiger partial charge in [-0.25, -0.2) is 4.39 Å². The summed E-state index contributed by atoms with van der Waals surface area (Å²) in [6.45, 7) is 5.35. The van der Waals surface area contributed by atoms with Gasteiger partial charge in [0.15, 0.2) is 11.6 Å². The molecule has 0 spiro atoms. The smallest absolute Gasteiger partial charge is 0.233 e. The molecule has 2 aromatic heterocycles. The van der Waals surface area contributed by atoms with Gasteiger partial charge in [-0.3, -0.25) is 5.10 Å². The van der Waals surface area contributed by atoms with E-state index in [9.17, 15) is 8.96 Å². The average molecular weight is 463 g/mol. The zero-order valence-corrected chi connectivity index (χ0v) is 19.3. The number of benzene rings is 2. The van der Waals surface area contributed by atoms with Crippen LogP contribution in [0.2, 0.25) is 0 Å². The van der Waals surface area contributed by atoms with E-state index in [4.69, 9.17) is 0 Å². The Morgan fingerprint density at radius 3 is 2.30 bits per heavy atom. The largest absolute Gasteiger partial charge is 0.324 e. The van der Waals surface area contributed by atoms with E-state index in [0.717, 1.165) is 16.7 Å². The van der Waals surface area contributed by atoms with Gasteiger partial charge in [-0.15, -0.1) is 0 Å². The number of H-pyrrole nitrogens is 1. The van der Waals surface area contributed by atoms with E-state index in [1.54, 1.807) is 37.6 Å². The van der Waals surface area contributed by atoms with Crippen LogP contribution in [0, 0.1) is 12.7 Å². The fourth-order valence-corrected chi connectivity index (χ4v) is 3.86. The Morgan fingerprint density at radius 1 is 0.939 bits per heavy atom. The van der Waals surface area contributed by atoms with E-state index >= 15 is 0 Å². The highest BCUT2D eigenvalue weighted by atomic mass is 31.2. The predicted molar refractivity (Wildman–Crippen MR) is 131 cm³/mol. The van der Waals surface area contributed by atoms with E-state index in [-0.39, 0.29) is 5.82 Å². The number of aromatic amines is 1. The molecule has 168 valence electrons. The summed E-state index contributed by atoms with van der Waals surface area (Å²) in [6, 6.07) is 15.3. The van der Waals surface area contributed by atoms with Gasteiger partial charge in [0.1, 0.15) is 13.0 Å². The number of halogens is 1. The van der Waals surface area contributed by atoms with E-state index in [1.165, 1.54) is 12.1 Å². The number of aryl methyl sites for hydroxylation is 1. The van der Waals surface area contributed by atoms with E-state index in [1.807, 2.05) is 37.3 Å². The fraction of sp³-hybridized carbons (Fsp3) is 0.130. The third-order valence-corrected chi connectivity index (χ3v) is 6.16. The first-order chi connectivity index (χ1) is 15.7. The Labute approximate surface area is 190 Å². The van der Waals surface area contributed by atoms with Gasteiger partial charge in [-0.05, 0) is 68.3 Å². The highest BCUT2D eigenvalue weighted by Gasteiger charge is 2.11. The number of aromatic nitrogens is 5. The molecule has 0 saturated carbocycles. The van der Waals surface area contributed by atoms with Gasteiger partial charge in [0.25, 0.3) is 0 Å². The van der Waals surface area contributed by atoms with Crippen molar-refractivity contribution >= 4 is 48.0 Å². The monoisotopic (exact) mass is 463 g/mol. The second-order valence-electron chi connectivity index (χ2n) is 7.81. The molecule has 0 aliphatic heterocycles. The topological polar surface area (TPSA) is 108 Å². The van der Waals surface area contributed by atoms with Crippen LogP contribution in [0.1, 0.15) is 17.1 Å². The Bertz CT molecular complexity index is 1350. The van der Waals surface area contributed by atoms with Crippen molar-refractivity contribution in [1.29, 1.82) is 0 Å². The normalized spacial score (nSPS) is 11.6. The second-order valence-corrected chi connectivity index (χ2v) is 11.0. The minimum atomic E-state index is -2.34. The number of nitrogens with zero attached hydrogens (tertiary/aromatic N) is 4. The molecule has 0 radical (unpaired) electrons. The molecule has 10 heteroatoms. The molecule has 2 aromatic carbocycles. The molecule has 0 saturated heterocycles. The number of rotatable bonds is 7. The quantitative estimate of drug-likeness (QED) is 0.333. The van der Waals surface area contributed by atoms with Crippen molar-refractivity contribution in [3.05, 3.63) is 77.5 Å². The molecule has 3 N–H and O–H groups in total. The second kappa shape index (κ2) is 9.34. The molecule has 4 aromatic rings. The van der Waals surface area contributed by atoms with Crippen LogP contribution in [0.5, 0.6) is 0 Å². The third-order valence-electron chi connectivity index (χ3n) is 4.62. The van der Waals surface area contributed by atoms with Gasteiger partial charge in [-0.2, -0.15) is 20.1 Å². The lowest BCUT2D eigenvalue weighted by Gasteiger charge is -2.10. The van der Waals surface area contributed by atoms with Crippen molar-refractivity contribution in [2.24, 2.45) is 0 Å². The average Bonchev–Trinajstić information content (AvgIpc) is 3.16. The van der Waals surface area contributed by atoms with Gasteiger partial charge in [0, 0.05) is 22.8 Å². The van der Waals surface area contributed by atoms with Crippen molar-refractivity contribution in [2.45, 2.75) is 6.92 Å². The minimum absolute atomic E-state index is 0.293. The number of nitrogens with one attached hydrogen (secondary N) is 3. The van der Waals surface area contributed by atoms with Crippen molar-refractivity contribution in [1.82, 2.24) is 25.1 Å². The summed E-state index contributed by atoms with van der Waals surface area (Å²) in [4.78, 5) is 13.3. The fourth-order valence-electron chi connectivity index (χ4n) is 2.99. The molecule has 0 aliphatic rings. The van der Waals surface area contributed by atoms with Crippen LogP contribution in [0.4, 0.5) is 27.8 Å². The molecule has 33 heavy (non-hydrogen) atoms. The molecule has 8 nitrogen and oxygen atoms in total. The van der Waals surface area contributed by atoms with Crippen molar-refractivity contribution in [3.8, 4) is 0 Å². The third kappa shape index (κ3) is 6.11. The molecule has 0 unspecified atom stereocenters. The highest BCUT2D eigenvalue weighted by Crippen LogP contribution is 2.34. The molecule has 0 atom stereocenters. The lowest BCUT2D eigenvalue weighted by molar-refractivity contribution is 0.588. The number of hydrogen-bond donors (Lipinski definition) is 3. The van der Waals surface area contributed by atoms with Crippen LogP contribution in [0.3, 0.4) is 0 Å². The number of hydrogen-bond acceptors (Lipinski definition) is 7. The Kier molecular flexibility index (Phi) is 6.33. The standard InChI is InChI=1S/C23H23FN7OP/c1-15-13-21(31-30-15)28-23-27-20(12-7-16-5-4-6-17(24)14-16)26-22(29-23)25-18-8-10-19(11-9-18)33(2,3)32/h4-14H,1-3H3,(H3,25,26,27,28,29,30,31)/b12-7+. The van der Waals surface area contributed by atoms with Crippen LogP contribution in [-0.4, -0.2) is 38.5 Å². The summed E-state index contributed by atoms with van der Waals surface area (Å²) >= 11 is 0. The molecule has 0 bridgehead atoms. The molecule has 4 rings (SSSR count). The van der Waals surface area contributed by atoms with Crippen LogP contribution in [-0.2, 0) is 4.57 Å². The molecular formula is C23H23FN7OP. The summed E-state index contributed by atoms with van der Waals surface area (Å²) in [5.41, 5.74) is 2.31. The highest BCUT2D eigenvalue weighted by molar-refractivity contribution is 7.70. The molecule has 2 heterocycles. The van der Waals surface area contributed by atoms with Crippen LogP contribution < -0.4 is 15.9 Å².